The minimum atomic E-state index is 0.882. The van der Waals surface area contributed by atoms with Gasteiger partial charge >= 0.3 is 0 Å². The number of fused-ring (bicyclic) bond motifs is 1. The Balaban J connectivity index is 2.07. The normalized spacial score (nSPS) is 10.9. The Morgan fingerprint density at radius 3 is 2.58 bits per heavy atom. The van der Waals surface area contributed by atoms with Crippen molar-refractivity contribution >= 4 is 55.6 Å². The lowest BCUT2D eigenvalue weighted by Gasteiger charge is -2.07. The lowest BCUT2D eigenvalue weighted by molar-refractivity contribution is 1.22. The highest BCUT2D eigenvalue weighted by Crippen LogP contribution is 2.33. The highest BCUT2D eigenvalue weighted by Gasteiger charge is 2.11. The first kappa shape index (κ1) is 12.8. The molecule has 0 fully saturated rings. The standard InChI is InChI=1S/C14H12IN3S/c1-8-9(2)19-14-12(8)13(16-7-17-14)18-11-5-3-10(15)4-6-11/h3-7H,1-2H3,(H,16,17,18). The van der Waals surface area contributed by atoms with Crippen LogP contribution in [-0.4, -0.2) is 9.97 Å². The predicted octanol–water partition coefficient (Wildman–Crippen LogP) is 4.66. The fourth-order valence-electron chi connectivity index (χ4n) is 1.95. The zero-order chi connectivity index (χ0) is 13.4. The molecule has 2 heterocycles. The van der Waals surface area contributed by atoms with Crippen molar-refractivity contribution in [2.24, 2.45) is 0 Å². The van der Waals surface area contributed by atoms with E-state index in [9.17, 15) is 0 Å². The Labute approximate surface area is 129 Å². The molecule has 19 heavy (non-hydrogen) atoms. The Kier molecular flexibility index (Phi) is 3.40. The van der Waals surface area contributed by atoms with Crippen molar-refractivity contribution in [2.45, 2.75) is 13.8 Å². The van der Waals surface area contributed by atoms with Crippen molar-refractivity contribution in [3.05, 3.63) is 44.6 Å². The maximum absolute atomic E-state index is 4.38. The predicted molar refractivity (Wildman–Crippen MR) is 89.3 cm³/mol. The van der Waals surface area contributed by atoms with E-state index < -0.39 is 0 Å². The molecule has 0 bridgehead atoms. The Morgan fingerprint density at radius 2 is 1.84 bits per heavy atom. The highest BCUT2D eigenvalue weighted by atomic mass is 127. The maximum Gasteiger partial charge on any atom is 0.142 e. The average Bonchev–Trinajstić information content (AvgIpc) is 2.69. The summed E-state index contributed by atoms with van der Waals surface area (Å²) in [5.41, 5.74) is 2.30. The van der Waals surface area contributed by atoms with E-state index >= 15 is 0 Å². The number of aryl methyl sites for hydroxylation is 2. The maximum atomic E-state index is 4.38. The smallest absolute Gasteiger partial charge is 0.142 e. The van der Waals surface area contributed by atoms with Crippen LogP contribution in [0.5, 0.6) is 0 Å². The van der Waals surface area contributed by atoms with Gasteiger partial charge < -0.3 is 5.32 Å². The van der Waals surface area contributed by atoms with Gasteiger partial charge in [0.05, 0.1) is 5.39 Å². The van der Waals surface area contributed by atoms with Crippen molar-refractivity contribution in [1.29, 1.82) is 0 Å². The summed E-state index contributed by atoms with van der Waals surface area (Å²) >= 11 is 4.01. The quantitative estimate of drug-likeness (QED) is 0.657. The molecule has 0 unspecified atom stereocenters. The molecule has 0 aliphatic carbocycles. The monoisotopic (exact) mass is 381 g/mol. The van der Waals surface area contributed by atoms with Gasteiger partial charge in [-0.3, -0.25) is 0 Å². The third-order valence-electron chi connectivity index (χ3n) is 3.07. The molecule has 3 nitrogen and oxygen atoms in total. The first-order valence-corrected chi connectivity index (χ1v) is 7.78. The number of thiophene rings is 1. The molecule has 0 amide bonds. The van der Waals surface area contributed by atoms with E-state index in [1.54, 1.807) is 17.7 Å². The van der Waals surface area contributed by atoms with E-state index in [0.29, 0.717) is 0 Å². The fraction of sp³-hybridized carbons (Fsp3) is 0.143. The molecule has 0 saturated heterocycles. The average molecular weight is 381 g/mol. The topological polar surface area (TPSA) is 37.8 Å². The summed E-state index contributed by atoms with van der Waals surface area (Å²) in [5.74, 6) is 0.882. The van der Waals surface area contributed by atoms with Crippen LogP contribution in [0.3, 0.4) is 0 Å². The first-order valence-electron chi connectivity index (χ1n) is 5.88. The van der Waals surface area contributed by atoms with Crippen molar-refractivity contribution in [2.75, 3.05) is 5.32 Å². The van der Waals surface area contributed by atoms with Gasteiger partial charge in [-0.15, -0.1) is 11.3 Å². The summed E-state index contributed by atoms with van der Waals surface area (Å²) in [5, 5.41) is 4.51. The van der Waals surface area contributed by atoms with Gasteiger partial charge in [0, 0.05) is 14.1 Å². The molecule has 96 valence electrons. The number of aromatic nitrogens is 2. The van der Waals surface area contributed by atoms with Crippen LogP contribution in [0.4, 0.5) is 11.5 Å². The molecule has 2 aromatic heterocycles. The Morgan fingerprint density at radius 1 is 1.11 bits per heavy atom. The fourth-order valence-corrected chi connectivity index (χ4v) is 3.30. The van der Waals surface area contributed by atoms with Gasteiger partial charge in [-0.05, 0) is 66.3 Å². The summed E-state index contributed by atoms with van der Waals surface area (Å²) in [4.78, 5) is 11.1. The molecule has 3 aromatic rings. The number of halogens is 1. The van der Waals surface area contributed by atoms with Gasteiger partial charge in [-0.1, -0.05) is 0 Å². The first-order chi connectivity index (χ1) is 9.15. The zero-order valence-electron chi connectivity index (χ0n) is 10.6. The van der Waals surface area contributed by atoms with Crippen molar-refractivity contribution in [1.82, 2.24) is 9.97 Å². The molecule has 1 N–H and O–H groups in total. The molecular formula is C14H12IN3S. The minimum absolute atomic E-state index is 0.882. The molecule has 1 aromatic carbocycles. The third kappa shape index (κ3) is 2.44. The minimum Gasteiger partial charge on any atom is -0.340 e. The van der Waals surface area contributed by atoms with E-state index in [4.69, 9.17) is 0 Å². The van der Waals surface area contributed by atoms with Gasteiger partial charge in [0.25, 0.3) is 0 Å². The van der Waals surface area contributed by atoms with Crippen LogP contribution in [0.1, 0.15) is 10.4 Å². The Bertz CT molecular complexity index is 734. The second kappa shape index (κ2) is 5.05. The molecule has 0 radical (unpaired) electrons. The third-order valence-corrected chi connectivity index (χ3v) is 4.91. The van der Waals surface area contributed by atoms with Crippen LogP contribution in [0.2, 0.25) is 0 Å². The van der Waals surface area contributed by atoms with Crippen LogP contribution in [0.15, 0.2) is 30.6 Å². The van der Waals surface area contributed by atoms with Gasteiger partial charge in [-0.25, -0.2) is 9.97 Å². The van der Waals surface area contributed by atoms with Crippen LogP contribution < -0.4 is 5.32 Å². The summed E-state index contributed by atoms with van der Waals surface area (Å²) in [6.45, 7) is 4.24. The number of nitrogens with one attached hydrogen (secondary N) is 1. The summed E-state index contributed by atoms with van der Waals surface area (Å²) in [6.07, 6.45) is 1.62. The molecule has 5 heteroatoms. The SMILES string of the molecule is Cc1sc2ncnc(Nc3ccc(I)cc3)c2c1C. The second-order valence-corrected chi connectivity index (χ2v) is 6.77. The number of nitrogens with zero attached hydrogens (tertiary/aromatic N) is 2. The molecule has 0 aliphatic rings. The number of rotatable bonds is 2. The van der Waals surface area contributed by atoms with Gasteiger partial charge in [0.1, 0.15) is 17.0 Å². The van der Waals surface area contributed by atoms with E-state index in [-0.39, 0.29) is 0 Å². The van der Waals surface area contributed by atoms with Crippen molar-refractivity contribution in [3.8, 4) is 0 Å². The van der Waals surface area contributed by atoms with E-state index in [1.165, 1.54) is 14.0 Å². The molecule has 0 saturated carbocycles. The van der Waals surface area contributed by atoms with E-state index in [1.807, 2.05) is 0 Å². The van der Waals surface area contributed by atoms with Gasteiger partial charge in [-0.2, -0.15) is 0 Å². The molecular weight excluding hydrogens is 369 g/mol. The Hall–Kier alpha value is -1.21. The van der Waals surface area contributed by atoms with Crippen LogP contribution in [0.25, 0.3) is 10.2 Å². The number of hydrogen-bond donors (Lipinski definition) is 1. The number of benzene rings is 1. The summed E-state index contributed by atoms with van der Waals surface area (Å²) < 4.78 is 1.22. The van der Waals surface area contributed by atoms with E-state index in [2.05, 4.69) is 76.0 Å². The van der Waals surface area contributed by atoms with Gasteiger partial charge in [0.15, 0.2) is 0 Å². The zero-order valence-corrected chi connectivity index (χ0v) is 13.5. The second-order valence-electron chi connectivity index (χ2n) is 4.32. The lowest BCUT2D eigenvalue weighted by atomic mass is 10.2. The highest BCUT2D eigenvalue weighted by molar-refractivity contribution is 14.1. The molecule has 0 aliphatic heterocycles. The van der Waals surface area contributed by atoms with Crippen molar-refractivity contribution in [3.63, 3.8) is 0 Å². The van der Waals surface area contributed by atoms with Crippen LogP contribution in [0, 0.1) is 17.4 Å². The summed E-state index contributed by atoms with van der Waals surface area (Å²) in [7, 11) is 0. The van der Waals surface area contributed by atoms with Gasteiger partial charge in [0.2, 0.25) is 0 Å². The van der Waals surface area contributed by atoms with Crippen molar-refractivity contribution < 1.29 is 0 Å². The molecule has 0 atom stereocenters. The van der Waals surface area contributed by atoms with E-state index in [0.717, 1.165) is 21.7 Å². The lowest BCUT2D eigenvalue weighted by Crippen LogP contribution is -1.95. The number of hydrogen-bond acceptors (Lipinski definition) is 4. The van der Waals surface area contributed by atoms with Crippen LogP contribution >= 0.6 is 33.9 Å². The largest absolute Gasteiger partial charge is 0.340 e. The number of anilines is 2. The molecule has 0 spiro atoms. The van der Waals surface area contributed by atoms with Crippen LogP contribution in [-0.2, 0) is 0 Å². The summed E-state index contributed by atoms with van der Waals surface area (Å²) in [6, 6.07) is 8.27. The molecule has 3 rings (SSSR count).